The lowest BCUT2D eigenvalue weighted by Gasteiger charge is -2.24. The predicted molar refractivity (Wildman–Crippen MR) is 102 cm³/mol. The molecule has 2 rings (SSSR count). The molecule has 0 bridgehead atoms. The van der Waals surface area contributed by atoms with Crippen molar-refractivity contribution in [2.45, 2.75) is 24.7 Å². The molecule has 2 aromatic rings. The SMILES string of the molecule is CCCCNC(=O)CN(c1ccc(OC)cc1)S(=O)(=O)c1ccccc1. The second-order valence-corrected chi connectivity index (χ2v) is 7.59. The number of amides is 1. The monoisotopic (exact) mass is 376 g/mol. The van der Waals surface area contributed by atoms with Gasteiger partial charge in [-0.3, -0.25) is 9.10 Å². The summed E-state index contributed by atoms with van der Waals surface area (Å²) in [5.41, 5.74) is 0.403. The highest BCUT2D eigenvalue weighted by molar-refractivity contribution is 7.92. The second kappa shape index (κ2) is 9.24. The van der Waals surface area contributed by atoms with Gasteiger partial charge in [-0.05, 0) is 42.8 Å². The zero-order valence-corrected chi connectivity index (χ0v) is 15.8. The standard InChI is InChI=1S/C19H24N2O4S/c1-3-4-14-20-19(22)15-21(16-10-12-17(25-2)13-11-16)26(23,24)18-8-6-5-7-9-18/h5-13H,3-4,14-15H2,1-2H3,(H,20,22). The number of nitrogens with zero attached hydrogens (tertiary/aromatic N) is 1. The van der Waals surface area contributed by atoms with Crippen LogP contribution in [0.1, 0.15) is 19.8 Å². The largest absolute Gasteiger partial charge is 0.497 e. The minimum absolute atomic E-state index is 0.136. The molecule has 0 saturated heterocycles. The highest BCUT2D eigenvalue weighted by Gasteiger charge is 2.27. The van der Waals surface area contributed by atoms with Crippen LogP contribution in [-0.2, 0) is 14.8 Å². The number of anilines is 1. The van der Waals surface area contributed by atoms with E-state index in [4.69, 9.17) is 4.74 Å². The third-order valence-electron chi connectivity index (χ3n) is 3.83. The van der Waals surface area contributed by atoms with E-state index >= 15 is 0 Å². The maximum absolute atomic E-state index is 13.1. The van der Waals surface area contributed by atoms with Crippen LogP contribution in [0.2, 0.25) is 0 Å². The van der Waals surface area contributed by atoms with E-state index in [9.17, 15) is 13.2 Å². The maximum atomic E-state index is 13.1. The van der Waals surface area contributed by atoms with E-state index in [-0.39, 0.29) is 17.3 Å². The first-order valence-corrected chi connectivity index (χ1v) is 9.91. The predicted octanol–water partition coefficient (Wildman–Crippen LogP) is 2.81. The first kappa shape index (κ1) is 19.8. The van der Waals surface area contributed by atoms with E-state index in [2.05, 4.69) is 5.32 Å². The average Bonchev–Trinajstić information content (AvgIpc) is 2.67. The zero-order chi connectivity index (χ0) is 19.0. The molecule has 0 atom stereocenters. The average molecular weight is 376 g/mol. The lowest BCUT2D eigenvalue weighted by atomic mass is 10.3. The van der Waals surface area contributed by atoms with E-state index in [1.807, 2.05) is 6.92 Å². The van der Waals surface area contributed by atoms with Crippen LogP contribution in [0.15, 0.2) is 59.5 Å². The Bertz CT molecular complexity index is 805. The van der Waals surface area contributed by atoms with Crippen molar-refractivity contribution in [3.8, 4) is 5.75 Å². The third-order valence-corrected chi connectivity index (χ3v) is 5.62. The first-order chi connectivity index (χ1) is 12.5. The number of nitrogens with one attached hydrogen (secondary N) is 1. The summed E-state index contributed by atoms with van der Waals surface area (Å²) in [4.78, 5) is 12.4. The number of ether oxygens (including phenoxy) is 1. The fraction of sp³-hybridized carbons (Fsp3) is 0.316. The molecule has 0 aliphatic carbocycles. The van der Waals surface area contributed by atoms with Crippen molar-refractivity contribution in [2.24, 2.45) is 0 Å². The summed E-state index contributed by atoms with van der Waals surface area (Å²) < 4.78 is 32.4. The van der Waals surface area contributed by atoms with Crippen LogP contribution < -0.4 is 14.4 Å². The summed E-state index contributed by atoms with van der Waals surface area (Å²) in [7, 11) is -2.33. The Kier molecular flexibility index (Phi) is 7.03. The minimum atomic E-state index is -3.87. The lowest BCUT2D eigenvalue weighted by Crippen LogP contribution is -2.41. The molecule has 0 fully saturated rings. The molecule has 0 aromatic heterocycles. The topological polar surface area (TPSA) is 75.7 Å². The van der Waals surface area contributed by atoms with Crippen molar-refractivity contribution in [3.05, 3.63) is 54.6 Å². The van der Waals surface area contributed by atoms with Gasteiger partial charge in [0.1, 0.15) is 12.3 Å². The number of hydrogen-bond acceptors (Lipinski definition) is 4. The van der Waals surface area contributed by atoms with Crippen molar-refractivity contribution >= 4 is 21.6 Å². The number of sulfonamides is 1. The van der Waals surface area contributed by atoms with Gasteiger partial charge in [0.25, 0.3) is 10.0 Å². The number of benzene rings is 2. The van der Waals surface area contributed by atoms with Gasteiger partial charge in [-0.25, -0.2) is 8.42 Å². The summed E-state index contributed by atoms with van der Waals surface area (Å²) in [6.07, 6.45) is 1.80. The van der Waals surface area contributed by atoms with Crippen LogP contribution in [0, 0.1) is 0 Å². The Hall–Kier alpha value is -2.54. The number of hydrogen-bond donors (Lipinski definition) is 1. The summed E-state index contributed by atoms with van der Waals surface area (Å²) >= 11 is 0. The van der Waals surface area contributed by atoms with Crippen molar-refractivity contribution in [3.63, 3.8) is 0 Å². The van der Waals surface area contributed by atoms with Crippen LogP contribution >= 0.6 is 0 Å². The molecule has 2 aromatic carbocycles. The van der Waals surface area contributed by atoms with Crippen molar-refractivity contribution < 1.29 is 17.9 Å². The summed E-state index contributed by atoms with van der Waals surface area (Å²) in [5.74, 6) is 0.270. The van der Waals surface area contributed by atoms with Crippen LogP contribution in [0.5, 0.6) is 5.75 Å². The Labute approximate surface area is 154 Å². The van der Waals surface area contributed by atoms with Gasteiger partial charge in [0.05, 0.1) is 17.7 Å². The molecular formula is C19H24N2O4S. The highest BCUT2D eigenvalue weighted by atomic mass is 32.2. The van der Waals surface area contributed by atoms with Gasteiger partial charge in [-0.1, -0.05) is 31.5 Å². The molecular weight excluding hydrogens is 352 g/mol. The van der Waals surface area contributed by atoms with Gasteiger partial charge in [0.2, 0.25) is 5.91 Å². The van der Waals surface area contributed by atoms with Gasteiger partial charge in [0.15, 0.2) is 0 Å². The lowest BCUT2D eigenvalue weighted by molar-refractivity contribution is -0.119. The summed E-state index contributed by atoms with van der Waals surface area (Å²) in [6.45, 7) is 2.26. The number of unbranched alkanes of at least 4 members (excludes halogenated alkanes) is 1. The number of methoxy groups -OCH3 is 1. The van der Waals surface area contributed by atoms with Crippen LogP contribution in [0.4, 0.5) is 5.69 Å². The van der Waals surface area contributed by atoms with Gasteiger partial charge in [-0.15, -0.1) is 0 Å². The molecule has 1 amide bonds. The van der Waals surface area contributed by atoms with E-state index in [1.54, 1.807) is 42.5 Å². The van der Waals surface area contributed by atoms with E-state index in [0.717, 1.165) is 17.1 Å². The summed E-state index contributed by atoms with van der Waals surface area (Å²) in [6, 6.07) is 14.7. The molecule has 140 valence electrons. The normalized spacial score (nSPS) is 11.0. The quantitative estimate of drug-likeness (QED) is 0.683. The molecule has 0 radical (unpaired) electrons. The molecule has 1 N–H and O–H groups in total. The molecule has 0 heterocycles. The molecule has 26 heavy (non-hydrogen) atoms. The fourth-order valence-corrected chi connectivity index (χ4v) is 3.82. The van der Waals surface area contributed by atoms with E-state index in [1.165, 1.54) is 19.2 Å². The number of rotatable bonds is 9. The Balaban J connectivity index is 2.33. The third kappa shape index (κ3) is 4.98. The Morgan fingerprint density at radius 1 is 1.08 bits per heavy atom. The highest BCUT2D eigenvalue weighted by Crippen LogP contribution is 2.25. The summed E-state index contributed by atoms with van der Waals surface area (Å²) in [5, 5.41) is 2.76. The van der Waals surface area contributed by atoms with Crippen molar-refractivity contribution in [1.82, 2.24) is 5.32 Å². The maximum Gasteiger partial charge on any atom is 0.264 e. The van der Waals surface area contributed by atoms with Crippen LogP contribution in [-0.4, -0.2) is 34.5 Å². The Morgan fingerprint density at radius 2 is 1.73 bits per heavy atom. The minimum Gasteiger partial charge on any atom is -0.497 e. The van der Waals surface area contributed by atoms with E-state index in [0.29, 0.717) is 18.0 Å². The van der Waals surface area contributed by atoms with Crippen LogP contribution in [0.3, 0.4) is 0 Å². The molecule has 7 heteroatoms. The second-order valence-electron chi connectivity index (χ2n) is 5.73. The molecule has 0 unspecified atom stereocenters. The molecule has 0 saturated carbocycles. The van der Waals surface area contributed by atoms with Gasteiger partial charge in [-0.2, -0.15) is 0 Å². The molecule has 0 aliphatic heterocycles. The molecule has 0 aliphatic rings. The van der Waals surface area contributed by atoms with Crippen molar-refractivity contribution in [1.29, 1.82) is 0 Å². The first-order valence-electron chi connectivity index (χ1n) is 8.47. The van der Waals surface area contributed by atoms with Gasteiger partial charge in [0, 0.05) is 6.54 Å². The fourth-order valence-electron chi connectivity index (χ4n) is 2.37. The zero-order valence-electron chi connectivity index (χ0n) is 15.0. The van der Waals surface area contributed by atoms with Crippen LogP contribution in [0.25, 0.3) is 0 Å². The van der Waals surface area contributed by atoms with Gasteiger partial charge < -0.3 is 10.1 Å². The van der Waals surface area contributed by atoms with Crippen molar-refractivity contribution in [2.75, 3.05) is 24.5 Å². The molecule has 0 spiro atoms. The number of carbonyl (C=O) groups is 1. The smallest absolute Gasteiger partial charge is 0.264 e. The number of carbonyl (C=O) groups excluding carboxylic acids is 1. The Morgan fingerprint density at radius 3 is 2.31 bits per heavy atom. The van der Waals surface area contributed by atoms with Gasteiger partial charge >= 0.3 is 0 Å². The molecule has 6 nitrogen and oxygen atoms in total. The van der Waals surface area contributed by atoms with E-state index < -0.39 is 10.0 Å².